The average molecular weight is 795 g/mol. The molecule has 1 aliphatic heterocycles. The molecule has 59 heavy (non-hydrogen) atoms. The van der Waals surface area contributed by atoms with Crippen molar-refractivity contribution in [3.05, 3.63) is 144 Å². The Balaban J connectivity index is 1.01. The summed E-state index contributed by atoms with van der Waals surface area (Å²) in [5.74, 6) is 0.666. The highest BCUT2D eigenvalue weighted by Gasteiger charge is 2.39. The normalized spacial score (nSPS) is 15.2. The molecule has 0 radical (unpaired) electrons. The van der Waals surface area contributed by atoms with Crippen molar-refractivity contribution in [3.63, 3.8) is 0 Å². The van der Waals surface area contributed by atoms with E-state index in [9.17, 15) is 24.3 Å². The molecule has 14 nitrogen and oxygen atoms in total. The van der Waals surface area contributed by atoms with E-state index in [0.29, 0.717) is 35.7 Å². The number of amides is 4. The van der Waals surface area contributed by atoms with Crippen LogP contribution >= 0.6 is 0 Å². The number of rotatable bonds is 12. The van der Waals surface area contributed by atoms with E-state index >= 15 is 0 Å². The van der Waals surface area contributed by atoms with Crippen molar-refractivity contribution in [2.75, 3.05) is 27.7 Å². The molecular formula is C45H46N8O6. The Morgan fingerprint density at radius 1 is 0.763 bits per heavy atom. The molecule has 7 rings (SSSR count). The maximum atomic E-state index is 13.9. The van der Waals surface area contributed by atoms with Crippen molar-refractivity contribution >= 4 is 24.0 Å². The Kier molecular flexibility index (Phi) is 11.9. The first-order valence-corrected chi connectivity index (χ1v) is 19.3. The van der Waals surface area contributed by atoms with E-state index in [1.807, 2.05) is 67.6 Å². The second-order valence-electron chi connectivity index (χ2n) is 14.5. The zero-order valence-electron chi connectivity index (χ0n) is 33.2. The van der Waals surface area contributed by atoms with Gasteiger partial charge >= 0.3 is 12.2 Å². The van der Waals surface area contributed by atoms with Crippen LogP contribution in [0.3, 0.4) is 0 Å². The molecule has 6 aromatic rings. The van der Waals surface area contributed by atoms with Crippen LogP contribution in [0.25, 0.3) is 33.6 Å². The van der Waals surface area contributed by atoms with Crippen molar-refractivity contribution in [3.8, 4) is 33.6 Å². The molecule has 0 unspecified atom stereocenters. The molecule has 4 aromatic carbocycles. The third-order valence-electron chi connectivity index (χ3n) is 11.0. The number of carboxylic acid groups (broad SMARTS) is 1. The number of nitrogens with zero attached hydrogens (tertiary/aromatic N) is 5. The summed E-state index contributed by atoms with van der Waals surface area (Å²) < 4.78 is 4.78. The predicted octanol–water partition coefficient (Wildman–Crippen LogP) is 7.77. The number of nitrogens with one attached hydrogen (secondary N) is 3. The van der Waals surface area contributed by atoms with Crippen molar-refractivity contribution in [1.29, 1.82) is 0 Å². The van der Waals surface area contributed by atoms with Gasteiger partial charge in [-0.05, 0) is 53.1 Å². The largest absolute Gasteiger partial charge is 0.465 e. The molecule has 1 fully saturated rings. The van der Waals surface area contributed by atoms with Gasteiger partial charge in [-0.2, -0.15) is 0 Å². The van der Waals surface area contributed by atoms with E-state index in [-0.39, 0.29) is 17.9 Å². The van der Waals surface area contributed by atoms with Crippen LogP contribution in [-0.2, 0) is 14.3 Å². The smallest absolute Gasteiger partial charge is 0.407 e. The fourth-order valence-electron chi connectivity index (χ4n) is 7.47. The molecule has 0 bridgehead atoms. The van der Waals surface area contributed by atoms with Crippen LogP contribution in [0.2, 0.25) is 0 Å². The first-order valence-electron chi connectivity index (χ1n) is 19.3. The summed E-state index contributed by atoms with van der Waals surface area (Å²) in [6, 6.07) is 31.6. The molecule has 0 saturated carbocycles. The monoisotopic (exact) mass is 794 g/mol. The fraction of sp³-hybridized carbons (Fsp3) is 0.244. The summed E-state index contributed by atoms with van der Waals surface area (Å²) in [4.78, 5) is 72.1. The fourth-order valence-corrected chi connectivity index (χ4v) is 7.47. The Labute approximate surface area is 341 Å². The molecular weight excluding hydrogens is 749 g/mol. The number of benzene rings is 4. The molecule has 1 saturated heterocycles. The summed E-state index contributed by atoms with van der Waals surface area (Å²) in [6.45, 7) is 2.38. The SMILES string of the molecule is COC(=O)N[C@@H](C(=O)N(C)[C@@H](C)c1ncc(-c2ccc(-c3ccc(-c4cnc([C@@H]5CCCN5C(=O)[C@@H](c5ccccc5)N(C)C(=O)O)[nH]4)cc3)cc2)[nH]1)c1ccccc1. The highest BCUT2D eigenvalue weighted by atomic mass is 16.5. The number of alkyl carbamates (subject to hydrolysis) is 1. The van der Waals surface area contributed by atoms with Crippen LogP contribution in [0.15, 0.2) is 122 Å². The maximum absolute atomic E-state index is 13.9. The number of methoxy groups -OCH3 is 1. The standard InChI is InChI=1S/C45H46N8O6/c1-28(51(2)42(54)38(50-44(56)59-4)33-12-7-5-8-13-33)40-46-26-35(48-40)31-21-17-29(18-22-31)30-19-23-32(24-20-30)36-27-47-41(49-36)37-16-11-25-53(37)43(55)39(52(3)45(57)58)34-14-9-6-10-15-34/h5-10,12-15,17-24,26-28,37-39H,11,16,25H2,1-4H3,(H,46,48)(H,47,49)(H,50,56)(H,57,58)/t28-,37-,38+,39+/m0/s1. The lowest BCUT2D eigenvalue weighted by atomic mass is 10.0. The first-order chi connectivity index (χ1) is 28.5. The molecule has 4 atom stereocenters. The first kappa shape index (κ1) is 40.0. The Morgan fingerprint density at radius 2 is 1.31 bits per heavy atom. The topological polar surface area (TPSA) is 177 Å². The summed E-state index contributed by atoms with van der Waals surface area (Å²) >= 11 is 0. The third kappa shape index (κ3) is 8.56. The lowest BCUT2D eigenvalue weighted by Gasteiger charge is -2.32. The predicted molar refractivity (Wildman–Crippen MR) is 222 cm³/mol. The van der Waals surface area contributed by atoms with Gasteiger partial charge < -0.3 is 34.9 Å². The van der Waals surface area contributed by atoms with Gasteiger partial charge in [0.05, 0.1) is 43.0 Å². The number of carbonyl (C=O) groups is 4. The van der Waals surface area contributed by atoms with Gasteiger partial charge in [-0.3, -0.25) is 14.5 Å². The minimum atomic E-state index is -1.18. The number of likely N-dealkylation sites (N-methyl/N-ethyl adjacent to an activating group) is 2. The second-order valence-corrected chi connectivity index (χ2v) is 14.5. The Bertz CT molecular complexity index is 2400. The van der Waals surface area contributed by atoms with Crippen LogP contribution in [-0.4, -0.2) is 91.5 Å². The summed E-state index contributed by atoms with van der Waals surface area (Å²) in [6.07, 6.45) is 3.13. The van der Waals surface area contributed by atoms with Crippen LogP contribution < -0.4 is 5.32 Å². The minimum absolute atomic E-state index is 0.275. The average Bonchev–Trinajstić information content (AvgIpc) is 4.08. The summed E-state index contributed by atoms with van der Waals surface area (Å²) in [7, 11) is 4.35. The van der Waals surface area contributed by atoms with Crippen LogP contribution in [0, 0.1) is 0 Å². The Morgan fingerprint density at radius 3 is 1.88 bits per heavy atom. The number of ether oxygens (including phenoxy) is 1. The zero-order chi connectivity index (χ0) is 41.6. The van der Waals surface area contributed by atoms with Gasteiger partial charge in [0.1, 0.15) is 23.7 Å². The molecule has 302 valence electrons. The van der Waals surface area contributed by atoms with E-state index in [1.165, 1.54) is 14.2 Å². The maximum Gasteiger partial charge on any atom is 0.407 e. The lowest BCUT2D eigenvalue weighted by Crippen LogP contribution is -2.43. The summed E-state index contributed by atoms with van der Waals surface area (Å²) in [5, 5.41) is 12.4. The zero-order valence-corrected chi connectivity index (χ0v) is 33.2. The van der Waals surface area contributed by atoms with Crippen molar-refractivity contribution < 1.29 is 29.0 Å². The number of aromatic nitrogens is 4. The molecule has 4 amide bonds. The Hall–Kier alpha value is -7.22. The molecule has 14 heteroatoms. The quantitative estimate of drug-likeness (QED) is 0.0972. The van der Waals surface area contributed by atoms with E-state index in [4.69, 9.17) is 4.74 Å². The number of hydrogen-bond donors (Lipinski definition) is 4. The molecule has 0 spiro atoms. The van der Waals surface area contributed by atoms with E-state index in [0.717, 1.165) is 45.0 Å². The van der Waals surface area contributed by atoms with Gasteiger partial charge in [-0.25, -0.2) is 19.6 Å². The number of hydrogen-bond acceptors (Lipinski definition) is 7. The van der Waals surface area contributed by atoms with Crippen LogP contribution in [0.4, 0.5) is 9.59 Å². The highest BCUT2D eigenvalue weighted by molar-refractivity contribution is 5.88. The van der Waals surface area contributed by atoms with Gasteiger partial charge in [0.15, 0.2) is 0 Å². The van der Waals surface area contributed by atoms with Gasteiger partial charge in [0.25, 0.3) is 5.91 Å². The number of aromatic amines is 2. The van der Waals surface area contributed by atoms with Gasteiger partial charge in [-0.1, -0.05) is 109 Å². The van der Waals surface area contributed by atoms with Crippen molar-refractivity contribution in [1.82, 2.24) is 40.0 Å². The molecule has 0 aliphatic carbocycles. The number of carbonyl (C=O) groups excluding carboxylic acids is 3. The van der Waals surface area contributed by atoms with E-state index in [2.05, 4.69) is 25.3 Å². The van der Waals surface area contributed by atoms with Crippen LogP contribution in [0.5, 0.6) is 0 Å². The minimum Gasteiger partial charge on any atom is -0.465 e. The van der Waals surface area contributed by atoms with Crippen LogP contribution in [0.1, 0.15) is 66.7 Å². The third-order valence-corrected chi connectivity index (χ3v) is 11.0. The molecule has 3 heterocycles. The number of H-pyrrole nitrogens is 2. The molecule has 4 N–H and O–H groups in total. The lowest BCUT2D eigenvalue weighted by molar-refractivity contribution is -0.137. The molecule has 2 aromatic heterocycles. The van der Waals surface area contributed by atoms with Gasteiger partial charge in [-0.15, -0.1) is 0 Å². The number of imidazole rings is 2. The van der Waals surface area contributed by atoms with E-state index in [1.54, 1.807) is 77.8 Å². The van der Waals surface area contributed by atoms with Gasteiger partial charge in [0, 0.05) is 20.6 Å². The second kappa shape index (κ2) is 17.5. The highest BCUT2D eigenvalue weighted by Crippen LogP contribution is 2.36. The summed E-state index contributed by atoms with van der Waals surface area (Å²) in [5.41, 5.74) is 6.77. The number of likely N-dealkylation sites (tertiary alicyclic amines) is 1. The van der Waals surface area contributed by atoms with Crippen molar-refractivity contribution in [2.24, 2.45) is 0 Å². The van der Waals surface area contributed by atoms with Gasteiger partial charge in [0.2, 0.25) is 5.91 Å². The van der Waals surface area contributed by atoms with Crippen molar-refractivity contribution in [2.45, 2.75) is 43.9 Å². The molecule has 1 aliphatic rings. The van der Waals surface area contributed by atoms with E-state index < -0.39 is 30.3 Å².